The fraction of sp³-hybridized carbons (Fsp3) is 0.400. The average Bonchev–Trinajstić information content (AvgIpc) is 2.85. The van der Waals surface area contributed by atoms with Crippen molar-refractivity contribution < 1.29 is 17.9 Å². The zero-order chi connectivity index (χ0) is 24.9. The number of alkyl halides is 3. The van der Waals surface area contributed by atoms with Gasteiger partial charge >= 0.3 is 6.18 Å². The van der Waals surface area contributed by atoms with E-state index in [0.717, 1.165) is 37.9 Å². The first kappa shape index (κ1) is 25.5. The molecule has 0 aliphatic carbocycles. The van der Waals surface area contributed by atoms with Gasteiger partial charge in [-0.3, -0.25) is 0 Å². The van der Waals surface area contributed by atoms with E-state index in [2.05, 4.69) is 31.3 Å². The lowest BCUT2D eigenvalue weighted by molar-refractivity contribution is -0.137. The molecule has 1 heterocycles. The van der Waals surface area contributed by atoms with Crippen LogP contribution in [-0.4, -0.2) is 19.7 Å². The Labute approximate surface area is 206 Å². The molecule has 0 radical (unpaired) electrons. The summed E-state index contributed by atoms with van der Waals surface area (Å²) in [6.45, 7) is 6.73. The molecule has 3 aromatic carbocycles. The van der Waals surface area contributed by atoms with E-state index < -0.39 is 11.7 Å². The summed E-state index contributed by atoms with van der Waals surface area (Å²) in [7, 11) is 0. The van der Waals surface area contributed by atoms with Gasteiger partial charge in [-0.25, -0.2) is 0 Å². The minimum atomic E-state index is -4.41. The minimum absolute atomic E-state index is 0.122. The first-order chi connectivity index (χ1) is 16.7. The quantitative estimate of drug-likeness (QED) is 0.362. The van der Waals surface area contributed by atoms with Crippen molar-refractivity contribution in [1.82, 2.24) is 5.32 Å². The number of hydrogen-bond donors (Lipinski definition) is 1. The molecule has 0 aromatic heterocycles. The van der Waals surface area contributed by atoms with E-state index in [4.69, 9.17) is 4.74 Å². The van der Waals surface area contributed by atoms with E-state index in [9.17, 15) is 13.2 Å². The molecule has 4 rings (SSSR count). The van der Waals surface area contributed by atoms with Crippen LogP contribution in [0.2, 0.25) is 0 Å². The Morgan fingerprint density at radius 3 is 2.17 bits per heavy atom. The smallest absolute Gasteiger partial charge is 0.376 e. The van der Waals surface area contributed by atoms with Crippen LogP contribution in [0.1, 0.15) is 48.9 Å². The van der Waals surface area contributed by atoms with Crippen LogP contribution in [-0.2, 0) is 29.4 Å². The fourth-order valence-corrected chi connectivity index (χ4v) is 4.99. The van der Waals surface area contributed by atoms with Crippen LogP contribution in [0.4, 0.5) is 13.2 Å². The van der Waals surface area contributed by atoms with E-state index >= 15 is 0 Å². The van der Waals surface area contributed by atoms with Crippen LogP contribution in [0.3, 0.4) is 0 Å². The normalized spacial score (nSPS) is 15.9. The number of piperidine rings is 1. The van der Waals surface area contributed by atoms with Gasteiger partial charge in [0, 0.05) is 5.41 Å². The van der Waals surface area contributed by atoms with Crippen molar-refractivity contribution in [3.63, 3.8) is 0 Å². The second-order valence-electron chi connectivity index (χ2n) is 10.1. The van der Waals surface area contributed by atoms with Crippen molar-refractivity contribution in [2.75, 3.05) is 19.7 Å². The molecule has 186 valence electrons. The van der Waals surface area contributed by atoms with Crippen LogP contribution >= 0.6 is 0 Å². The molecule has 0 saturated carbocycles. The first-order valence-electron chi connectivity index (χ1n) is 12.4. The molecule has 1 aliphatic rings. The third-order valence-corrected chi connectivity index (χ3v) is 6.85. The fourth-order valence-electron chi connectivity index (χ4n) is 4.99. The van der Waals surface area contributed by atoms with Gasteiger partial charge in [-0.1, -0.05) is 68.4 Å². The highest BCUT2D eigenvalue weighted by Crippen LogP contribution is 2.36. The van der Waals surface area contributed by atoms with Crippen LogP contribution in [0.15, 0.2) is 72.8 Å². The SMILES string of the molecule is CC(C)Cc1ccc(-c2cc(COCC3(c4ccccc4)CCNCC3)cc(C(F)(F)F)c2)cc1. The molecular formula is C30H34F3NO. The number of rotatable bonds is 8. The summed E-state index contributed by atoms with van der Waals surface area (Å²) in [5.41, 5.74) is 3.54. The van der Waals surface area contributed by atoms with E-state index in [1.54, 1.807) is 0 Å². The molecule has 0 spiro atoms. The molecular weight excluding hydrogens is 447 g/mol. The van der Waals surface area contributed by atoms with Crippen molar-refractivity contribution in [2.45, 2.75) is 51.3 Å². The Morgan fingerprint density at radius 1 is 0.857 bits per heavy atom. The molecule has 3 aromatic rings. The molecule has 0 unspecified atom stereocenters. The molecule has 1 N–H and O–H groups in total. The van der Waals surface area contributed by atoms with Crippen molar-refractivity contribution in [1.29, 1.82) is 0 Å². The molecule has 0 amide bonds. The maximum Gasteiger partial charge on any atom is 0.416 e. The van der Waals surface area contributed by atoms with Gasteiger partial charge in [0.05, 0.1) is 18.8 Å². The van der Waals surface area contributed by atoms with Gasteiger partial charge in [0.15, 0.2) is 0 Å². The predicted molar refractivity (Wildman–Crippen MR) is 135 cm³/mol. The van der Waals surface area contributed by atoms with E-state index in [0.29, 0.717) is 23.7 Å². The minimum Gasteiger partial charge on any atom is -0.376 e. The van der Waals surface area contributed by atoms with Gasteiger partial charge in [0.25, 0.3) is 0 Å². The van der Waals surface area contributed by atoms with Gasteiger partial charge < -0.3 is 10.1 Å². The lowest BCUT2D eigenvalue weighted by Gasteiger charge is -2.38. The van der Waals surface area contributed by atoms with Gasteiger partial charge in [0.2, 0.25) is 0 Å². The van der Waals surface area contributed by atoms with Crippen LogP contribution in [0, 0.1) is 5.92 Å². The Kier molecular flexibility index (Phi) is 7.98. The molecule has 2 nitrogen and oxygen atoms in total. The third-order valence-electron chi connectivity index (χ3n) is 6.85. The molecule has 1 fully saturated rings. The number of halogens is 3. The van der Waals surface area contributed by atoms with Crippen molar-refractivity contribution in [2.24, 2.45) is 5.92 Å². The highest BCUT2D eigenvalue weighted by atomic mass is 19.4. The van der Waals surface area contributed by atoms with Crippen LogP contribution in [0.25, 0.3) is 11.1 Å². The standard InChI is InChI=1S/C30H34F3NO/c1-22(2)16-23-8-10-25(11-9-23)26-17-24(18-28(19-26)30(31,32)33)20-35-21-29(12-14-34-15-13-29)27-6-4-3-5-7-27/h3-11,17-19,22,34H,12-16,20-21H2,1-2H3. The molecule has 0 bridgehead atoms. The summed E-state index contributed by atoms with van der Waals surface area (Å²) in [5.74, 6) is 0.525. The van der Waals surface area contributed by atoms with E-state index in [-0.39, 0.29) is 12.0 Å². The number of nitrogens with one attached hydrogen (secondary N) is 1. The Balaban J connectivity index is 1.55. The molecule has 5 heteroatoms. The summed E-state index contributed by atoms with van der Waals surface area (Å²) in [6.07, 6.45) is -1.59. The van der Waals surface area contributed by atoms with Gasteiger partial charge in [-0.15, -0.1) is 0 Å². The van der Waals surface area contributed by atoms with Gasteiger partial charge in [0.1, 0.15) is 0 Å². The summed E-state index contributed by atoms with van der Waals surface area (Å²) in [6, 6.07) is 22.4. The second-order valence-corrected chi connectivity index (χ2v) is 10.1. The summed E-state index contributed by atoms with van der Waals surface area (Å²) < 4.78 is 47.3. The molecule has 0 atom stereocenters. The monoisotopic (exact) mass is 481 g/mol. The Hall–Kier alpha value is -2.63. The lowest BCUT2D eigenvalue weighted by atomic mass is 9.74. The second kappa shape index (κ2) is 11.0. The van der Waals surface area contributed by atoms with Gasteiger partial charge in [-0.05, 0) is 84.3 Å². The lowest BCUT2D eigenvalue weighted by Crippen LogP contribution is -2.43. The summed E-state index contributed by atoms with van der Waals surface area (Å²) in [5, 5.41) is 3.40. The number of hydrogen-bond acceptors (Lipinski definition) is 2. The highest BCUT2D eigenvalue weighted by molar-refractivity contribution is 5.65. The third kappa shape index (κ3) is 6.53. The highest BCUT2D eigenvalue weighted by Gasteiger charge is 2.34. The molecule has 1 saturated heterocycles. The zero-order valence-electron chi connectivity index (χ0n) is 20.5. The van der Waals surface area contributed by atoms with E-state index in [1.807, 2.05) is 48.5 Å². The first-order valence-corrected chi connectivity index (χ1v) is 12.4. The average molecular weight is 482 g/mol. The predicted octanol–water partition coefficient (Wildman–Crippen LogP) is 7.41. The summed E-state index contributed by atoms with van der Waals surface area (Å²) in [4.78, 5) is 0. The maximum atomic E-state index is 13.7. The number of benzene rings is 3. The van der Waals surface area contributed by atoms with E-state index in [1.165, 1.54) is 23.3 Å². The topological polar surface area (TPSA) is 21.3 Å². The van der Waals surface area contributed by atoms with Crippen molar-refractivity contribution in [3.05, 3.63) is 95.1 Å². The largest absolute Gasteiger partial charge is 0.416 e. The maximum absolute atomic E-state index is 13.7. The van der Waals surface area contributed by atoms with Crippen molar-refractivity contribution >= 4 is 0 Å². The zero-order valence-corrected chi connectivity index (χ0v) is 20.5. The summed E-state index contributed by atoms with van der Waals surface area (Å²) >= 11 is 0. The van der Waals surface area contributed by atoms with Crippen molar-refractivity contribution in [3.8, 4) is 11.1 Å². The number of ether oxygens (including phenoxy) is 1. The van der Waals surface area contributed by atoms with Crippen LogP contribution < -0.4 is 5.32 Å². The molecule has 35 heavy (non-hydrogen) atoms. The van der Waals surface area contributed by atoms with Gasteiger partial charge in [-0.2, -0.15) is 13.2 Å². The Bertz CT molecular complexity index is 1080. The molecule has 1 aliphatic heterocycles. The Morgan fingerprint density at radius 2 is 1.54 bits per heavy atom. The van der Waals surface area contributed by atoms with Crippen LogP contribution in [0.5, 0.6) is 0 Å².